The number of alkyl halides is 3. The third-order valence-electron chi connectivity index (χ3n) is 4.20. The van der Waals surface area contributed by atoms with Crippen LogP contribution < -0.4 is 5.06 Å². The molecule has 0 radical (unpaired) electrons. The van der Waals surface area contributed by atoms with Gasteiger partial charge in [-0.15, -0.1) is 0 Å². The average molecular weight is 407 g/mol. The predicted molar refractivity (Wildman–Crippen MR) is 100 cm³/mol. The van der Waals surface area contributed by atoms with Gasteiger partial charge in [0, 0.05) is 12.4 Å². The molecule has 0 aliphatic carbocycles. The fourth-order valence-electron chi connectivity index (χ4n) is 2.91. The van der Waals surface area contributed by atoms with Crippen LogP contribution >= 0.6 is 11.6 Å². The smallest absolute Gasteiger partial charge is 0.306 e. The van der Waals surface area contributed by atoms with E-state index in [0.717, 1.165) is 11.6 Å². The van der Waals surface area contributed by atoms with E-state index in [2.05, 4.69) is 9.98 Å². The largest absolute Gasteiger partial charge is 0.418 e. The Morgan fingerprint density at radius 1 is 1.11 bits per heavy atom. The zero-order valence-corrected chi connectivity index (χ0v) is 15.2. The summed E-state index contributed by atoms with van der Waals surface area (Å²) in [6.07, 6.45) is -0.417. The molecule has 1 aliphatic heterocycles. The number of hydrogen-bond acceptors (Lipinski definition) is 4. The number of hydrogen-bond donors (Lipinski definition) is 0. The molecule has 1 aliphatic rings. The maximum absolute atomic E-state index is 13.7. The minimum atomic E-state index is -4.56. The first kappa shape index (κ1) is 18.5. The number of rotatable bonds is 4. The highest BCUT2D eigenvalue weighted by Gasteiger charge is 2.36. The molecule has 9 heteroatoms. The lowest BCUT2D eigenvalue weighted by molar-refractivity contribution is -0.137. The van der Waals surface area contributed by atoms with Gasteiger partial charge >= 0.3 is 6.18 Å². The van der Waals surface area contributed by atoms with Gasteiger partial charge in [-0.05, 0) is 17.7 Å². The van der Waals surface area contributed by atoms with E-state index in [-0.39, 0.29) is 29.7 Å². The van der Waals surface area contributed by atoms with E-state index in [0.29, 0.717) is 5.69 Å². The molecule has 1 aromatic heterocycles. The van der Waals surface area contributed by atoms with E-state index >= 15 is 0 Å². The number of benzene rings is 2. The van der Waals surface area contributed by atoms with Gasteiger partial charge < -0.3 is 4.57 Å². The van der Waals surface area contributed by atoms with E-state index in [4.69, 9.17) is 16.4 Å². The number of fused-ring (bicyclic) bond motifs is 1. The predicted octanol–water partition coefficient (Wildman–Crippen LogP) is 5.11. The van der Waals surface area contributed by atoms with Crippen molar-refractivity contribution in [2.24, 2.45) is 4.99 Å². The SMILES string of the molecule is FC(F)(F)c1cc2c(cc1-n1ccnc1)N=C(Cl)CN2OCc1ccccc1. The van der Waals surface area contributed by atoms with Gasteiger partial charge in [0.15, 0.2) is 0 Å². The molecular formula is C19H14ClF3N4O. The third kappa shape index (κ3) is 3.74. The monoisotopic (exact) mass is 406 g/mol. The molecule has 0 spiro atoms. The van der Waals surface area contributed by atoms with Gasteiger partial charge in [-0.3, -0.25) is 4.84 Å². The van der Waals surface area contributed by atoms with E-state index in [1.807, 2.05) is 30.3 Å². The molecular weight excluding hydrogens is 393 g/mol. The highest BCUT2D eigenvalue weighted by atomic mass is 35.5. The van der Waals surface area contributed by atoms with Gasteiger partial charge in [0.1, 0.15) is 5.17 Å². The van der Waals surface area contributed by atoms with Gasteiger partial charge in [0.05, 0.1) is 42.1 Å². The molecule has 3 aromatic rings. The lowest BCUT2D eigenvalue weighted by atomic mass is 10.1. The van der Waals surface area contributed by atoms with Gasteiger partial charge in [-0.25, -0.2) is 15.0 Å². The Morgan fingerprint density at radius 3 is 2.57 bits per heavy atom. The second-order valence-electron chi connectivity index (χ2n) is 6.11. The minimum absolute atomic E-state index is 0.0586. The first-order valence-electron chi connectivity index (χ1n) is 8.33. The summed E-state index contributed by atoms with van der Waals surface area (Å²) in [4.78, 5) is 13.8. The Morgan fingerprint density at radius 2 is 1.89 bits per heavy atom. The van der Waals surface area contributed by atoms with E-state index in [9.17, 15) is 13.2 Å². The highest BCUT2D eigenvalue weighted by Crippen LogP contribution is 2.43. The number of hydroxylamine groups is 1. The van der Waals surface area contributed by atoms with Crippen molar-refractivity contribution in [3.63, 3.8) is 0 Å². The maximum atomic E-state index is 13.7. The van der Waals surface area contributed by atoms with Crippen LogP contribution in [-0.2, 0) is 17.6 Å². The lowest BCUT2D eigenvalue weighted by Gasteiger charge is -2.29. The van der Waals surface area contributed by atoms with E-state index in [1.165, 1.54) is 34.4 Å². The topological polar surface area (TPSA) is 42.7 Å². The minimum Gasteiger partial charge on any atom is -0.306 e. The van der Waals surface area contributed by atoms with Gasteiger partial charge in [-0.1, -0.05) is 41.9 Å². The van der Waals surface area contributed by atoms with Crippen molar-refractivity contribution in [1.82, 2.24) is 9.55 Å². The molecule has 0 atom stereocenters. The normalized spacial score (nSPS) is 14.0. The van der Waals surface area contributed by atoms with Crippen LogP contribution in [0.25, 0.3) is 5.69 Å². The van der Waals surface area contributed by atoms with E-state index in [1.54, 1.807) is 0 Å². The molecule has 0 unspecified atom stereocenters. The number of imidazole rings is 1. The summed E-state index contributed by atoms with van der Waals surface area (Å²) in [5, 5.41) is 1.56. The van der Waals surface area contributed by atoms with Crippen molar-refractivity contribution in [2.45, 2.75) is 12.8 Å². The molecule has 0 bridgehead atoms. The molecule has 2 heterocycles. The van der Waals surface area contributed by atoms with Crippen LogP contribution in [0.2, 0.25) is 0 Å². The second-order valence-corrected chi connectivity index (χ2v) is 6.55. The molecule has 0 fully saturated rings. The number of aromatic nitrogens is 2. The quantitative estimate of drug-likeness (QED) is 0.604. The third-order valence-corrected chi connectivity index (χ3v) is 4.40. The van der Waals surface area contributed by atoms with Crippen LogP contribution in [0.3, 0.4) is 0 Å². The summed E-state index contributed by atoms with van der Waals surface area (Å²) in [6, 6.07) is 11.7. The lowest BCUT2D eigenvalue weighted by Crippen LogP contribution is -2.31. The standard InChI is InChI=1S/C19H14ClF3N4O/c20-18-10-27(28-11-13-4-2-1-3-5-13)17-8-14(19(21,22)23)16(9-15(17)25-18)26-7-6-24-12-26/h1-9,12H,10-11H2. The van der Waals surface area contributed by atoms with Crippen molar-refractivity contribution in [1.29, 1.82) is 0 Å². The van der Waals surface area contributed by atoms with Gasteiger partial charge in [0.25, 0.3) is 0 Å². The summed E-state index contributed by atoms with van der Waals surface area (Å²) >= 11 is 6.11. The van der Waals surface area contributed by atoms with Crippen molar-refractivity contribution < 1.29 is 18.0 Å². The number of halogens is 4. The summed E-state index contributed by atoms with van der Waals surface area (Å²) in [6.45, 7) is 0.248. The van der Waals surface area contributed by atoms with Gasteiger partial charge in [-0.2, -0.15) is 13.2 Å². The molecule has 5 nitrogen and oxygen atoms in total. The molecule has 4 rings (SSSR count). The summed E-state index contributed by atoms with van der Waals surface area (Å²) in [5.74, 6) is 0. The molecule has 2 aromatic carbocycles. The summed E-state index contributed by atoms with van der Waals surface area (Å²) in [5.41, 5.74) is 0.485. The Kier molecular flexibility index (Phi) is 4.82. The van der Waals surface area contributed by atoms with Gasteiger partial charge in [0.2, 0.25) is 0 Å². The van der Waals surface area contributed by atoms with Crippen LogP contribution in [0.5, 0.6) is 0 Å². The number of aliphatic imine (C=N–C) groups is 1. The molecule has 0 saturated carbocycles. The average Bonchev–Trinajstić information content (AvgIpc) is 3.19. The van der Waals surface area contributed by atoms with Crippen LogP contribution in [0, 0.1) is 0 Å². The molecule has 0 N–H and O–H groups in total. The summed E-state index contributed by atoms with van der Waals surface area (Å²) in [7, 11) is 0. The Balaban J connectivity index is 1.75. The van der Waals surface area contributed by atoms with Crippen molar-refractivity contribution in [2.75, 3.05) is 11.6 Å². The Bertz CT molecular complexity index is 1000. The molecule has 0 amide bonds. The second kappa shape index (κ2) is 7.29. The van der Waals surface area contributed by atoms with Crippen LogP contribution in [0.4, 0.5) is 24.5 Å². The first-order valence-corrected chi connectivity index (χ1v) is 8.70. The fraction of sp³-hybridized carbons (Fsp3) is 0.158. The zero-order chi connectivity index (χ0) is 19.7. The van der Waals surface area contributed by atoms with Crippen LogP contribution in [0.15, 0.2) is 66.2 Å². The first-order chi connectivity index (χ1) is 13.4. The molecule has 28 heavy (non-hydrogen) atoms. The van der Waals surface area contributed by atoms with E-state index < -0.39 is 11.7 Å². The number of nitrogens with zero attached hydrogens (tertiary/aromatic N) is 4. The fourth-order valence-corrected chi connectivity index (χ4v) is 3.11. The van der Waals surface area contributed by atoms with Crippen molar-refractivity contribution in [3.05, 3.63) is 72.3 Å². The van der Waals surface area contributed by atoms with Crippen molar-refractivity contribution in [3.8, 4) is 5.69 Å². The maximum Gasteiger partial charge on any atom is 0.418 e. The number of anilines is 1. The Labute approximate surface area is 163 Å². The molecule has 0 saturated heterocycles. The summed E-state index contributed by atoms with van der Waals surface area (Å²) < 4.78 is 42.4. The zero-order valence-electron chi connectivity index (χ0n) is 14.4. The Hall–Kier alpha value is -2.84. The highest BCUT2D eigenvalue weighted by molar-refractivity contribution is 6.66. The van der Waals surface area contributed by atoms with Crippen LogP contribution in [-0.4, -0.2) is 21.3 Å². The van der Waals surface area contributed by atoms with Crippen LogP contribution in [0.1, 0.15) is 11.1 Å². The molecule has 144 valence electrons. The van der Waals surface area contributed by atoms with Crippen molar-refractivity contribution >= 4 is 28.1 Å².